The average molecular weight is 498 g/mol. The van der Waals surface area contributed by atoms with E-state index >= 15 is 0 Å². The molecule has 1 aliphatic heterocycles. The van der Waals surface area contributed by atoms with Gasteiger partial charge in [0, 0.05) is 28.9 Å². The Hall–Kier alpha value is -4.70. The molecule has 2 atom stereocenters. The predicted octanol–water partition coefficient (Wildman–Crippen LogP) is 6.61. The van der Waals surface area contributed by atoms with E-state index in [1.54, 1.807) is 12.1 Å². The largest absolute Gasteiger partial charge is 0.424 e. The highest BCUT2D eigenvalue weighted by atomic mass is 16.5. The molecule has 4 heteroatoms. The van der Waals surface area contributed by atoms with E-state index in [1.165, 1.54) is 0 Å². The number of ether oxygens (including phenoxy) is 1. The first-order chi connectivity index (χ1) is 18.5. The Morgan fingerprint density at radius 1 is 0.789 bits per heavy atom. The van der Waals surface area contributed by atoms with Gasteiger partial charge >= 0.3 is 5.97 Å². The van der Waals surface area contributed by atoms with E-state index in [2.05, 4.69) is 11.4 Å². The number of benzene rings is 5. The maximum Gasteiger partial charge on any atom is 0.338 e. The van der Waals surface area contributed by atoms with Crippen molar-refractivity contribution < 1.29 is 14.3 Å². The molecule has 5 aromatic carbocycles. The van der Waals surface area contributed by atoms with Crippen molar-refractivity contribution in [1.82, 2.24) is 5.32 Å². The Morgan fingerprint density at radius 3 is 2.18 bits per heavy atom. The molecular formula is C34H27NO3. The van der Waals surface area contributed by atoms with Gasteiger partial charge in [-0.1, -0.05) is 115 Å². The third-order valence-corrected chi connectivity index (χ3v) is 7.38. The molecule has 0 saturated carbocycles. The number of fused-ring (bicyclic) bond motifs is 3. The summed E-state index contributed by atoms with van der Waals surface area (Å²) in [4.78, 5) is 28.0. The number of nitrogens with one attached hydrogen (secondary N) is 1. The van der Waals surface area contributed by atoms with Crippen LogP contribution in [-0.2, 0) is 11.2 Å². The minimum Gasteiger partial charge on any atom is -0.424 e. The Bertz CT molecular complexity index is 1630. The summed E-state index contributed by atoms with van der Waals surface area (Å²) >= 11 is 0. The van der Waals surface area contributed by atoms with Crippen LogP contribution in [0, 0.1) is 6.92 Å². The quantitative estimate of drug-likeness (QED) is 0.220. The molecule has 186 valence electrons. The summed E-state index contributed by atoms with van der Waals surface area (Å²) in [6.45, 7) is 1.98. The van der Waals surface area contributed by atoms with Crippen LogP contribution in [0.1, 0.15) is 38.5 Å². The molecule has 0 radical (unpaired) electrons. The normalized spacial score (nSPS) is 18.4. The standard InChI is InChI=1S/C34H27NO3/c1-23-16-18-27(19-17-23)32(36)35-34(22-24-10-4-2-5-11-24)30(26-13-6-3-7-14-26)29-21-20-25-12-8-9-15-28(25)31(29)38-33(34)37/h2-21,30H,22H2,1H3,(H,35,36)/t30-,34-/m0/s1. The maximum atomic E-state index is 14.3. The SMILES string of the molecule is Cc1ccc(C(=O)N[C@]2(Cc3ccccc3)C(=O)Oc3c(ccc4ccccc34)[C@@H]2c2ccccc2)cc1. The third kappa shape index (κ3) is 4.14. The van der Waals surface area contributed by atoms with Crippen LogP contribution < -0.4 is 10.1 Å². The summed E-state index contributed by atoms with van der Waals surface area (Å²) < 4.78 is 6.19. The van der Waals surface area contributed by atoms with Gasteiger partial charge in [0.1, 0.15) is 5.75 Å². The van der Waals surface area contributed by atoms with E-state index in [0.717, 1.165) is 33.0 Å². The summed E-state index contributed by atoms with van der Waals surface area (Å²) in [6, 6.07) is 39.0. The highest BCUT2D eigenvalue weighted by Crippen LogP contribution is 2.48. The molecule has 0 unspecified atom stereocenters. The van der Waals surface area contributed by atoms with E-state index in [4.69, 9.17) is 4.74 Å². The summed E-state index contributed by atoms with van der Waals surface area (Å²) in [7, 11) is 0. The van der Waals surface area contributed by atoms with Crippen LogP contribution in [-0.4, -0.2) is 17.4 Å². The fourth-order valence-corrected chi connectivity index (χ4v) is 5.52. The molecule has 0 aromatic heterocycles. The van der Waals surface area contributed by atoms with Crippen molar-refractivity contribution in [3.8, 4) is 5.75 Å². The maximum absolute atomic E-state index is 14.3. The van der Waals surface area contributed by atoms with Gasteiger partial charge in [0.05, 0.1) is 0 Å². The van der Waals surface area contributed by atoms with Crippen molar-refractivity contribution in [2.24, 2.45) is 0 Å². The molecule has 0 bridgehead atoms. The van der Waals surface area contributed by atoms with Crippen LogP contribution in [0.15, 0.2) is 121 Å². The van der Waals surface area contributed by atoms with E-state index in [9.17, 15) is 9.59 Å². The lowest BCUT2D eigenvalue weighted by molar-refractivity contribution is -0.143. The number of carbonyl (C=O) groups excluding carboxylic acids is 2. The number of rotatable bonds is 5. The molecule has 0 spiro atoms. The van der Waals surface area contributed by atoms with Crippen LogP contribution in [0.4, 0.5) is 0 Å². The lowest BCUT2D eigenvalue weighted by Gasteiger charge is -2.44. The molecule has 6 rings (SSSR count). The van der Waals surface area contributed by atoms with E-state index < -0.39 is 17.4 Å². The van der Waals surface area contributed by atoms with E-state index in [1.807, 2.05) is 110 Å². The second-order valence-electron chi connectivity index (χ2n) is 9.89. The lowest BCUT2D eigenvalue weighted by Crippen LogP contribution is -2.63. The second-order valence-corrected chi connectivity index (χ2v) is 9.89. The fraction of sp³-hybridized carbons (Fsp3) is 0.118. The molecule has 0 fully saturated rings. The van der Waals surface area contributed by atoms with Crippen LogP contribution in [0.3, 0.4) is 0 Å². The Morgan fingerprint density at radius 2 is 1.45 bits per heavy atom. The number of esters is 1. The third-order valence-electron chi connectivity index (χ3n) is 7.38. The van der Waals surface area contributed by atoms with Gasteiger partial charge in [-0.05, 0) is 35.6 Å². The molecule has 1 heterocycles. The highest BCUT2D eigenvalue weighted by Gasteiger charge is 2.54. The summed E-state index contributed by atoms with van der Waals surface area (Å²) in [5, 5.41) is 5.05. The minimum atomic E-state index is -1.37. The van der Waals surface area contributed by atoms with Gasteiger partial charge in [-0.2, -0.15) is 0 Å². The highest BCUT2D eigenvalue weighted by molar-refractivity contribution is 6.02. The Balaban J connectivity index is 1.58. The van der Waals surface area contributed by atoms with Gasteiger partial charge in [-0.25, -0.2) is 4.79 Å². The first-order valence-electron chi connectivity index (χ1n) is 12.8. The molecule has 4 nitrogen and oxygen atoms in total. The summed E-state index contributed by atoms with van der Waals surface area (Å²) in [5.41, 5.74) is 2.90. The Labute approximate surface area is 221 Å². The smallest absolute Gasteiger partial charge is 0.338 e. The van der Waals surface area contributed by atoms with Gasteiger partial charge in [0.15, 0.2) is 5.54 Å². The number of carbonyl (C=O) groups is 2. The first-order valence-corrected chi connectivity index (χ1v) is 12.8. The van der Waals surface area contributed by atoms with Crippen molar-refractivity contribution in [3.63, 3.8) is 0 Å². The summed E-state index contributed by atoms with van der Waals surface area (Å²) in [5.74, 6) is -0.711. The number of hydrogen-bond donors (Lipinski definition) is 1. The molecule has 1 N–H and O–H groups in total. The van der Waals surface area contributed by atoms with Gasteiger partial charge in [-0.15, -0.1) is 0 Å². The minimum absolute atomic E-state index is 0.274. The van der Waals surface area contributed by atoms with Crippen molar-refractivity contribution in [2.75, 3.05) is 0 Å². The number of aryl methyl sites for hydroxylation is 1. The van der Waals surface area contributed by atoms with Crippen molar-refractivity contribution >= 4 is 22.6 Å². The van der Waals surface area contributed by atoms with Crippen molar-refractivity contribution in [1.29, 1.82) is 0 Å². The van der Waals surface area contributed by atoms with Gasteiger partial charge in [0.2, 0.25) is 0 Å². The van der Waals surface area contributed by atoms with Crippen LogP contribution in [0.2, 0.25) is 0 Å². The zero-order valence-corrected chi connectivity index (χ0v) is 21.1. The molecule has 1 aliphatic rings. The van der Waals surface area contributed by atoms with Crippen LogP contribution in [0.25, 0.3) is 10.8 Å². The molecular weight excluding hydrogens is 470 g/mol. The van der Waals surface area contributed by atoms with Crippen molar-refractivity contribution in [3.05, 3.63) is 149 Å². The average Bonchev–Trinajstić information content (AvgIpc) is 2.95. The zero-order valence-electron chi connectivity index (χ0n) is 21.1. The van der Waals surface area contributed by atoms with E-state index in [0.29, 0.717) is 11.3 Å². The molecule has 0 saturated heterocycles. The predicted molar refractivity (Wildman–Crippen MR) is 149 cm³/mol. The monoisotopic (exact) mass is 497 g/mol. The lowest BCUT2D eigenvalue weighted by atomic mass is 9.69. The first kappa shape index (κ1) is 23.7. The topological polar surface area (TPSA) is 55.4 Å². The van der Waals surface area contributed by atoms with Crippen LogP contribution in [0.5, 0.6) is 5.75 Å². The van der Waals surface area contributed by atoms with Crippen molar-refractivity contribution in [2.45, 2.75) is 24.8 Å². The fourth-order valence-electron chi connectivity index (χ4n) is 5.52. The van der Waals surface area contributed by atoms with E-state index in [-0.39, 0.29) is 12.3 Å². The number of amides is 1. The van der Waals surface area contributed by atoms with Gasteiger partial charge in [0.25, 0.3) is 5.91 Å². The Kier molecular flexibility index (Phi) is 6.01. The van der Waals surface area contributed by atoms with Gasteiger partial charge < -0.3 is 10.1 Å². The van der Waals surface area contributed by atoms with Crippen LogP contribution >= 0.6 is 0 Å². The molecule has 5 aromatic rings. The molecule has 38 heavy (non-hydrogen) atoms. The number of hydrogen-bond acceptors (Lipinski definition) is 3. The molecule has 1 amide bonds. The van der Waals surface area contributed by atoms with Gasteiger partial charge in [-0.3, -0.25) is 4.79 Å². The summed E-state index contributed by atoms with van der Waals surface area (Å²) in [6.07, 6.45) is 0.274. The molecule has 0 aliphatic carbocycles. The second kappa shape index (κ2) is 9.64. The zero-order chi connectivity index (χ0) is 26.1.